The molecule has 0 radical (unpaired) electrons. The number of hydrogen-bond donors (Lipinski definition) is 2. The molecule has 2 rings (SSSR count). The second kappa shape index (κ2) is 9.20. The van der Waals surface area contributed by atoms with Crippen LogP contribution in [-0.2, 0) is 11.4 Å². The van der Waals surface area contributed by atoms with Crippen LogP contribution in [0.25, 0.3) is 0 Å². The number of thioether (sulfide) groups is 1. The van der Waals surface area contributed by atoms with E-state index in [0.717, 1.165) is 11.3 Å². The third-order valence-corrected chi connectivity index (χ3v) is 3.83. The maximum atomic E-state index is 11.9. The summed E-state index contributed by atoms with van der Waals surface area (Å²) in [5.74, 6) is 0.400. The van der Waals surface area contributed by atoms with E-state index in [-0.39, 0.29) is 11.8 Å². The number of halogens is 1. The van der Waals surface area contributed by atoms with E-state index in [1.165, 1.54) is 11.8 Å². The Morgan fingerprint density at radius 1 is 1.04 bits per heavy atom. The Kier molecular flexibility index (Phi) is 6.96. The molecule has 0 bridgehead atoms. The van der Waals surface area contributed by atoms with Crippen LogP contribution in [0.4, 0.5) is 0 Å². The predicted octanol–water partition coefficient (Wildman–Crippen LogP) is 3.04. The van der Waals surface area contributed by atoms with Gasteiger partial charge < -0.3 is 4.74 Å². The number of carbonyl (C=O) groups is 2. The molecule has 0 aromatic heterocycles. The van der Waals surface area contributed by atoms with Crippen molar-refractivity contribution >= 4 is 35.2 Å². The number of benzene rings is 2. The van der Waals surface area contributed by atoms with E-state index < -0.39 is 0 Å². The predicted molar refractivity (Wildman–Crippen MR) is 96.2 cm³/mol. The van der Waals surface area contributed by atoms with Crippen LogP contribution in [0.5, 0.6) is 5.75 Å². The molecule has 2 aromatic rings. The highest BCUT2D eigenvalue weighted by Crippen LogP contribution is 2.17. The highest BCUT2D eigenvalue weighted by Gasteiger charge is 2.07. The van der Waals surface area contributed by atoms with Crippen LogP contribution in [0.3, 0.4) is 0 Å². The molecule has 0 aliphatic heterocycles. The van der Waals surface area contributed by atoms with Crippen molar-refractivity contribution in [2.45, 2.75) is 6.61 Å². The average Bonchev–Trinajstić information content (AvgIpc) is 2.60. The minimum absolute atomic E-state index is 0.246. The summed E-state index contributed by atoms with van der Waals surface area (Å²) in [5, 5.41) is 0.655. The van der Waals surface area contributed by atoms with Crippen LogP contribution in [0.15, 0.2) is 48.5 Å². The van der Waals surface area contributed by atoms with Gasteiger partial charge in [-0.1, -0.05) is 23.7 Å². The zero-order valence-electron chi connectivity index (χ0n) is 13.0. The monoisotopic (exact) mass is 364 g/mol. The van der Waals surface area contributed by atoms with Crippen molar-refractivity contribution in [2.24, 2.45) is 0 Å². The SMILES string of the molecule is CSCC(=O)NNC(=O)c1ccc(COc2ccc(Cl)cc2)cc1. The molecule has 0 aliphatic rings. The first-order valence-corrected chi connectivity index (χ1v) is 8.91. The van der Waals surface area contributed by atoms with Gasteiger partial charge in [0.1, 0.15) is 12.4 Å². The lowest BCUT2D eigenvalue weighted by molar-refractivity contribution is -0.119. The van der Waals surface area contributed by atoms with E-state index in [9.17, 15) is 9.59 Å². The van der Waals surface area contributed by atoms with Gasteiger partial charge in [0, 0.05) is 10.6 Å². The fraction of sp³-hybridized carbons (Fsp3) is 0.176. The molecule has 7 heteroatoms. The summed E-state index contributed by atoms with van der Waals surface area (Å²) in [4.78, 5) is 23.2. The van der Waals surface area contributed by atoms with Crippen LogP contribution >= 0.6 is 23.4 Å². The van der Waals surface area contributed by atoms with Crippen LogP contribution in [0, 0.1) is 0 Å². The molecular weight excluding hydrogens is 348 g/mol. The summed E-state index contributed by atoms with van der Waals surface area (Å²) >= 11 is 7.20. The molecule has 24 heavy (non-hydrogen) atoms. The number of carbonyl (C=O) groups excluding carboxylic acids is 2. The smallest absolute Gasteiger partial charge is 0.269 e. The normalized spacial score (nSPS) is 10.1. The second-order valence-corrected chi connectivity index (χ2v) is 6.18. The fourth-order valence-corrected chi connectivity index (χ4v) is 2.28. The first-order valence-electron chi connectivity index (χ1n) is 7.14. The molecule has 5 nitrogen and oxygen atoms in total. The van der Waals surface area contributed by atoms with Crippen molar-refractivity contribution in [3.63, 3.8) is 0 Å². The number of rotatable bonds is 6. The Morgan fingerprint density at radius 3 is 2.33 bits per heavy atom. The van der Waals surface area contributed by atoms with Crippen molar-refractivity contribution in [1.82, 2.24) is 10.9 Å². The third kappa shape index (κ3) is 5.79. The highest BCUT2D eigenvalue weighted by atomic mass is 35.5. The van der Waals surface area contributed by atoms with Gasteiger partial charge in [-0.3, -0.25) is 20.4 Å². The van der Waals surface area contributed by atoms with Crippen LogP contribution in [-0.4, -0.2) is 23.8 Å². The molecule has 0 atom stereocenters. The molecule has 0 saturated carbocycles. The van der Waals surface area contributed by atoms with Crippen molar-refractivity contribution in [2.75, 3.05) is 12.0 Å². The Balaban J connectivity index is 1.84. The lowest BCUT2D eigenvalue weighted by Crippen LogP contribution is -2.42. The molecule has 0 heterocycles. The van der Waals surface area contributed by atoms with Gasteiger partial charge in [0.25, 0.3) is 5.91 Å². The first kappa shape index (κ1) is 18.2. The lowest BCUT2D eigenvalue weighted by atomic mass is 10.1. The molecule has 2 amide bonds. The zero-order chi connectivity index (χ0) is 17.4. The molecular formula is C17H17ClN2O3S. The highest BCUT2D eigenvalue weighted by molar-refractivity contribution is 7.99. The van der Waals surface area contributed by atoms with Crippen molar-refractivity contribution in [3.8, 4) is 5.75 Å². The fourth-order valence-electron chi connectivity index (χ4n) is 1.82. The van der Waals surface area contributed by atoms with Gasteiger partial charge in [-0.25, -0.2) is 0 Å². The summed E-state index contributed by atoms with van der Waals surface area (Å²) in [6.07, 6.45) is 1.81. The molecule has 0 aliphatic carbocycles. The van der Waals surface area contributed by atoms with Crippen LogP contribution in [0.1, 0.15) is 15.9 Å². The number of hydrogen-bond acceptors (Lipinski definition) is 4. The Bertz CT molecular complexity index is 690. The summed E-state index contributed by atoms with van der Waals surface area (Å²) in [5.41, 5.74) is 6.10. The lowest BCUT2D eigenvalue weighted by Gasteiger charge is -2.08. The summed E-state index contributed by atoms with van der Waals surface area (Å²) in [6, 6.07) is 14.1. The van der Waals surface area contributed by atoms with E-state index in [2.05, 4.69) is 10.9 Å². The third-order valence-electron chi connectivity index (χ3n) is 3.03. The minimum atomic E-state index is -0.366. The molecule has 2 N–H and O–H groups in total. The van der Waals surface area contributed by atoms with Gasteiger partial charge in [0.2, 0.25) is 5.91 Å². The van der Waals surface area contributed by atoms with Crippen LogP contribution in [0.2, 0.25) is 5.02 Å². The van der Waals surface area contributed by atoms with E-state index in [4.69, 9.17) is 16.3 Å². The van der Waals surface area contributed by atoms with Crippen molar-refractivity contribution in [1.29, 1.82) is 0 Å². The standard InChI is InChI=1S/C17H17ClN2O3S/c1-24-11-16(21)19-20-17(22)13-4-2-12(3-5-13)10-23-15-8-6-14(18)7-9-15/h2-9H,10-11H2,1H3,(H,19,21)(H,20,22). The first-order chi connectivity index (χ1) is 11.6. The number of ether oxygens (including phenoxy) is 1. The van der Waals surface area contributed by atoms with Crippen LogP contribution < -0.4 is 15.6 Å². The molecule has 0 saturated heterocycles. The van der Waals surface area contributed by atoms with Gasteiger partial charge in [0.05, 0.1) is 5.75 Å². The minimum Gasteiger partial charge on any atom is -0.489 e. The number of amides is 2. The zero-order valence-corrected chi connectivity index (χ0v) is 14.6. The Morgan fingerprint density at radius 2 is 1.71 bits per heavy atom. The maximum absolute atomic E-state index is 11.9. The average molecular weight is 365 g/mol. The molecule has 0 spiro atoms. The van der Waals surface area contributed by atoms with E-state index in [1.807, 2.05) is 6.26 Å². The molecule has 2 aromatic carbocycles. The second-order valence-electron chi connectivity index (χ2n) is 4.87. The van der Waals surface area contributed by atoms with Gasteiger partial charge in [-0.2, -0.15) is 11.8 Å². The van der Waals surface area contributed by atoms with Gasteiger partial charge in [-0.15, -0.1) is 0 Å². The molecule has 126 valence electrons. The van der Waals surface area contributed by atoms with Crippen molar-refractivity contribution < 1.29 is 14.3 Å². The summed E-state index contributed by atoms with van der Waals surface area (Å²) in [6.45, 7) is 0.383. The van der Waals surface area contributed by atoms with Gasteiger partial charge in [0.15, 0.2) is 0 Å². The maximum Gasteiger partial charge on any atom is 0.269 e. The Labute approximate surface area is 149 Å². The summed E-state index contributed by atoms with van der Waals surface area (Å²) in [7, 11) is 0. The van der Waals surface area contributed by atoms with E-state index in [1.54, 1.807) is 48.5 Å². The Hall–Kier alpha value is -2.18. The van der Waals surface area contributed by atoms with Gasteiger partial charge >= 0.3 is 0 Å². The molecule has 0 unspecified atom stereocenters. The summed E-state index contributed by atoms with van der Waals surface area (Å²) < 4.78 is 5.63. The quantitative estimate of drug-likeness (QED) is 0.773. The van der Waals surface area contributed by atoms with Crippen molar-refractivity contribution in [3.05, 3.63) is 64.7 Å². The number of hydrazine groups is 1. The topological polar surface area (TPSA) is 67.4 Å². The van der Waals surface area contributed by atoms with E-state index >= 15 is 0 Å². The van der Waals surface area contributed by atoms with Gasteiger partial charge in [-0.05, 0) is 48.2 Å². The molecule has 0 fully saturated rings. The van der Waals surface area contributed by atoms with E-state index in [0.29, 0.717) is 22.9 Å². The number of nitrogens with one attached hydrogen (secondary N) is 2. The largest absolute Gasteiger partial charge is 0.489 e.